The van der Waals surface area contributed by atoms with E-state index < -0.39 is 38.3 Å². The van der Waals surface area contributed by atoms with Gasteiger partial charge in [-0.3, -0.25) is 9.59 Å². The van der Waals surface area contributed by atoms with E-state index in [0.717, 1.165) is 0 Å². The Morgan fingerprint density at radius 1 is 1.21 bits per heavy atom. The fourth-order valence-electron chi connectivity index (χ4n) is 2.76. The Hall–Kier alpha value is -1.39. The standard InChI is InChI=1S/C17H20Cl2N2O6S/c1-16(11-17(16,18)19)15(23)27-10-14(22)20-12-2-4-13(5-3-12)28(24,25)21-6-8-26-9-7-21/h2-5H,6-11H2,1H3,(H,20,22)/t16-/m0/s1. The van der Waals surface area contributed by atoms with E-state index in [1.807, 2.05) is 0 Å². The van der Waals surface area contributed by atoms with E-state index in [-0.39, 0.29) is 11.3 Å². The van der Waals surface area contributed by atoms with Crippen LogP contribution in [0.15, 0.2) is 29.2 Å². The number of carbonyl (C=O) groups excluding carboxylic acids is 2. The summed E-state index contributed by atoms with van der Waals surface area (Å²) < 4.78 is 35.4. The Morgan fingerprint density at radius 3 is 2.32 bits per heavy atom. The highest BCUT2D eigenvalue weighted by atomic mass is 35.5. The van der Waals surface area contributed by atoms with E-state index in [2.05, 4.69) is 5.32 Å². The third-order valence-corrected chi connectivity index (χ3v) is 7.80. The molecule has 1 saturated carbocycles. The van der Waals surface area contributed by atoms with E-state index in [9.17, 15) is 18.0 Å². The fourth-order valence-corrected chi connectivity index (χ4v) is 4.85. The summed E-state index contributed by atoms with van der Waals surface area (Å²) in [5.74, 6) is -1.20. The lowest BCUT2D eigenvalue weighted by atomic mass is 10.1. The van der Waals surface area contributed by atoms with Crippen molar-refractivity contribution in [1.82, 2.24) is 4.31 Å². The van der Waals surface area contributed by atoms with Gasteiger partial charge in [0.1, 0.15) is 9.75 Å². The summed E-state index contributed by atoms with van der Waals surface area (Å²) in [6, 6.07) is 5.76. The van der Waals surface area contributed by atoms with Gasteiger partial charge in [0.05, 0.1) is 18.1 Å². The molecule has 0 spiro atoms. The molecule has 2 aliphatic rings. The molecular weight excluding hydrogens is 431 g/mol. The van der Waals surface area contributed by atoms with Crippen LogP contribution in [0.5, 0.6) is 0 Å². The maximum absolute atomic E-state index is 12.6. The van der Waals surface area contributed by atoms with Crippen LogP contribution in [0, 0.1) is 5.41 Å². The number of nitrogens with one attached hydrogen (secondary N) is 1. The van der Waals surface area contributed by atoms with Gasteiger partial charge in [-0.1, -0.05) is 0 Å². The Kier molecular flexibility index (Phi) is 5.94. The van der Waals surface area contributed by atoms with Crippen LogP contribution in [0.3, 0.4) is 0 Å². The Balaban J connectivity index is 1.54. The molecule has 1 aromatic carbocycles. The van der Waals surface area contributed by atoms with Crippen molar-refractivity contribution in [3.05, 3.63) is 24.3 Å². The van der Waals surface area contributed by atoms with E-state index in [0.29, 0.717) is 32.0 Å². The highest BCUT2D eigenvalue weighted by Gasteiger charge is 2.69. The van der Waals surface area contributed by atoms with Crippen LogP contribution in [0.2, 0.25) is 0 Å². The number of benzene rings is 1. The van der Waals surface area contributed by atoms with Crippen molar-refractivity contribution in [2.75, 3.05) is 38.2 Å². The molecule has 154 valence electrons. The van der Waals surface area contributed by atoms with Crippen molar-refractivity contribution in [3.8, 4) is 0 Å². The second kappa shape index (κ2) is 7.79. The van der Waals surface area contributed by atoms with Crippen LogP contribution in [0.25, 0.3) is 0 Å². The predicted molar refractivity (Wildman–Crippen MR) is 103 cm³/mol. The lowest BCUT2D eigenvalue weighted by Gasteiger charge is -2.26. The number of esters is 1. The molecule has 1 aromatic rings. The lowest BCUT2D eigenvalue weighted by molar-refractivity contribution is -0.152. The summed E-state index contributed by atoms with van der Waals surface area (Å²) in [6.07, 6.45) is 0.267. The van der Waals surface area contributed by atoms with Crippen molar-refractivity contribution < 1.29 is 27.5 Å². The normalized spacial score (nSPS) is 24.4. The smallest absolute Gasteiger partial charge is 0.315 e. The molecule has 1 atom stereocenters. The van der Waals surface area contributed by atoms with E-state index in [1.165, 1.54) is 28.6 Å². The van der Waals surface area contributed by atoms with Crippen molar-refractivity contribution in [1.29, 1.82) is 0 Å². The minimum absolute atomic E-state index is 0.126. The molecule has 0 aromatic heterocycles. The molecule has 28 heavy (non-hydrogen) atoms. The van der Waals surface area contributed by atoms with E-state index >= 15 is 0 Å². The number of amides is 1. The quantitative estimate of drug-likeness (QED) is 0.523. The molecule has 0 bridgehead atoms. The molecule has 1 N–H and O–H groups in total. The molecule has 1 amide bonds. The summed E-state index contributed by atoms with van der Waals surface area (Å²) in [4.78, 5) is 24.0. The van der Waals surface area contributed by atoms with Crippen LogP contribution in [0.4, 0.5) is 5.69 Å². The molecule has 8 nitrogen and oxygen atoms in total. The van der Waals surface area contributed by atoms with Crippen LogP contribution >= 0.6 is 23.2 Å². The minimum atomic E-state index is -3.60. The van der Waals surface area contributed by atoms with Gasteiger partial charge in [-0.05, 0) is 31.2 Å². The Labute approximate surface area is 173 Å². The summed E-state index contributed by atoms with van der Waals surface area (Å²) in [6.45, 7) is 2.40. The SMILES string of the molecule is C[C@@]1(C(=O)OCC(=O)Nc2ccc(S(=O)(=O)N3CCOCC3)cc2)CC1(Cl)Cl. The van der Waals surface area contributed by atoms with E-state index in [4.69, 9.17) is 32.7 Å². The van der Waals surface area contributed by atoms with Gasteiger partial charge in [-0.15, -0.1) is 23.2 Å². The van der Waals surface area contributed by atoms with Crippen LogP contribution in [-0.2, 0) is 29.1 Å². The number of halogens is 2. The number of carbonyl (C=O) groups is 2. The molecule has 0 radical (unpaired) electrons. The molecule has 1 aliphatic carbocycles. The highest BCUT2D eigenvalue weighted by molar-refractivity contribution is 7.89. The lowest BCUT2D eigenvalue weighted by Crippen LogP contribution is -2.40. The first-order chi connectivity index (χ1) is 13.1. The summed E-state index contributed by atoms with van der Waals surface area (Å²) in [7, 11) is -3.60. The number of ether oxygens (including phenoxy) is 2. The first-order valence-corrected chi connectivity index (χ1v) is 10.8. The van der Waals surface area contributed by atoms with Gasteiger partial charge in [0.25, 0.3) is 5.91 Å². The van der Waals surface area contributed by atoms with Gasteiger partial charge in [-0.25, -0.2) is 8.42 Å². The number of hydrogen-bond acceptors (Lipinski definition) is 6. The molecule has 3 rings (SSSR count). The molecule has 1 heterocycles. The molecule has 2 fully saturated rings. The number of hydrogen-bond donors (Lipinski definition) is 1. The van der Waals surface area contributed by atoms with Crippen molar-refractivity contribution in [2.24, 2.45) is 5.41 Å². The first kappa shape index (κ1) is 21.3. The number of rotatable bonds is 6. The van der Waals surface area contributed by atoms with Crippen LogP contribution in [-0.4, -0.2) is 61.8 Å². The number of alkyl halides is 2. The van der Waals surface area contributed by atoms with Crippen molar-refractivity contribution in [2.45, 2.75) is 22.6 Å². The molecule has 11 heteroatoms. The summed E-state index contributed by atoms with van der Waals surface area (Å²) in [5.41, 5.74) is -0.630. The van der Waals surface area contributed by atoms with Gasteiger partial charge in [0.2, 0.25) is 10.0 Å². The minimum Gasteiger partial charge on any atom is -0.455 e. The second-order valence-corrected chi connectivity index (χ2v) is 10.3. The van der Waals surface area contributed by atoms with Gasteiger partial charge >= 0.3 is 5.97 Å². The molecular formula is C17H20Cl2N2O6S. The van der Waals surface area contributed by atoms with Gasteiger partial charge in [-0.2, -0.15) is 4.31 Å². The molecule has 1 saturated heterocycles. The predicted octanol–water partition coefficient (Wildman–Crippen LogP) is 1.77. The summed E-state index contributed by atoms with van der Waals surface area (Å²) >= 11 is 11.8. The van der Waals surface area contributed by atoms with Crippen molar-refractivity contribution in [3.63, 3.8) is 0 Å². The zero-order valence-electron chi connectivity index (χ0n) is 15.1. The van der Waals surface area contributed by atoms with Crippen LogP contribution in [0.1, 0.15) is 13.3 Å². The average Bonchev–Trinajstić information content (AvgIpc) is 3.20. The van der Waals surface area contributed by atoms with Gasteiger partial charge < -0.3 is 14.8 Å². The van der Waals surface area contributed by atoms with Crippen molar-refractivity contribution >= 4 is 50.8 Å². The fraction of sp³-hybridized carbons (Fsp3) is 0.529. The van der Waals surface area contributed by atoms with E-state index in [1.54, 1.807) is 6.92 Å². The van der Waals surface area contributed by atoms with Gasteiger partial charge in [0.15, 0.2) is 6.61 Å². The van der Waals surface area contributed by atoms with Crippen LogP contribution < -0.4 is 5.32 Å². The Morgan fingerprint density at radius 2 is 1.79 bits per heavy atom. The monoisotopic (exact) mass is 450 g/mol. The average molecular weight is 451 g/mol. The largest absolute Gasteiger partial charge is 0.455 e. The molecule has 1 aliphatic heterocycles. The number of morpholine rings is 1. The first-order valence-electron chi connectivity index (χ1n) is 8.59. The maximum Gasteiger partial charge on any atom is 0.315 e. The zero-order chi connectivity index (χ0) is 20.6. The topological polar surface area (TPSA) is 102 Å². The number of anilines is 1. The van der Waals surface area contributed by atoms with Gasteiger partial charge in [0, 0.05) is 25.2 Å². The summed E-state index contributed by atoms with van der Waals surface area (Å²) in [5, 5.41) is 2.54. The third-order valence-electron chi connectivity index (χ3n) is 4.79. The number of nitrogens with zero attached hydrogens (tertiary/aromatic N) is 1. The highest BCUT2D eigenvalue weighted by Crippen LogP contribution is 2.64. The second-order valence-electron chi connectivity index (χ2n) is 6.88. The zero-order valence-corrected chi connectivity index (χ0v) is 17.4. The maximum atomic E-state index is 12.6. The third kappa shape index (κ3) is 4.28. The Bertz CT molecular complexity index is 868. The molecule has 0 unspecified atom stereocenters. The number of sulfonamides is 1.